The largest absolute Gasteiger partial charge is 0.398 e. The van der Waals surface area contributed by atoms with Crippen molar-refractivity contribution in [3.63, 3.8) is 0 Å². The zero-order valence-corrected chi connectivity index (χ0v) is 11.6. The first kappa shape index (κ1) is 14.1. The van der Waals surface area contributed by atoms with Crippen LogP contribution in [0.4, 0.5) is 11.4 Å². The Morgan fingerprint density at radius 1 is 1.25 bits per heavy atom. The summed E-state index contributed by atoms with van der Waals surface area (Å²) >= 11 is 0. The van der Waals surface area contributed by atoms with Crippen LogP contribution in [0.15, 0.2) is 42.5 Å². The fourth-order valence-electron chi connectivity index (χ4n) is 1.97. The third kappa shape index (κ3) is 2.97. The van der Waals surface area contributed by atoms with Crippen molar-refractivity contribution in [3.8, 4) is 0 Å². The topological polar surface area (TPSA) is 75.4 Å². The van der Waals surface area contributed by atoms with Gasteiger partial charge in [-0.1, -0.05) is 18.2 Å². The molecule has 2 aromatic rings. The van der Waals surface area contributed by atoms with Crippen molar-refractivity contribution in [1.29, 1.82) is 0 Å². The number of nitrogen functional groups attached to an aromatic ring is 1. The van der Waals surface area contributed by atoms with Crippen LogP contribution < -0.4 is 11.1 Å². The molecular weight excluding hydrogens is 252 g/mol. The van der Waals surface area contributed by atoms with Crippen molar-refractivity contribution in [1.82, 2.24) is 0 Å². The van der Waals surface area contributed by atoms with Crippen molar-refractivity contribution < 1.29 is 9.90 Å². The predicted molar refractivity (Wildman–Crippen MR) is 80.6 cm³/mol. The number of nitrogens with one attached hydrogen (secondary N) is 1. The zero-order valence-electron chi connectivity index (χ0n) is 11.6. The number of aliphatic hydroxyl groups excluding tert-OH is 1. The number of benzene rings is 2. The lowest BCUT2D eigenvalue weighted by Crippen LogP contribution is -2.14. The van der Waals surface area contributed by atoms with E-state index in [1.165, 1.54) is 0 Å². The highest BCUT2D eigenvalue weighted by molar-refractivity contribution is 6.06. The molecule has 0 aromatic heterocycles. The van der Waals surface area contributed by atoms with Gasteiger partial charge in [-0.3, -0.25) is 4.79 Å². The van der Waals surface area contributed by atoms with Crippen LogP contribution >= 0.6 is 0 Å². The van der Waals surface area contributed by atoms with E-state index in [4.69, 9.17) is 5.73 Å². The highest BCUT2D eigenvalue weighted by atomic mass is 16.3. The van der Waals surface area contributed by atoms with Gasteiger partial charge in [0.2, 0.25) is 0 Å². The SMILES string of the molecule is Cc1c(N)cccc1C(=O)Nc1cccc([C@H](C)O)c1. The average Bonchev–Trinajstić information content (AvgIpc) is 2.42. The quantitative estimate of drug-likeness (QED) is 0.751. The average molecular weight is 270 g/mol. The zero-order chi connectivity index (χ0) is 14.7. The lowest BCUT2D eigenvalue weighted by atomic mass is 10.1. The molecule has 1 amide bonds. The second-order valence-corrected chi connectivity index (χ2v) is 4.78. The van der Waals surface area contributed by atoms with Crippen molar-refractivity contribution in [2.45, 2.75) is 20.0 Å². The normalized spacial score (nSPS) is 11.9. The van der Waals surface area contributed by atoms with E-state index < -0.39 is 6.10 Å². The predicted octanol–water partition coefficient (Wildman–Crippen LogP) is 2.88. The lowest BCUT2D eigenvalue weighted by Gasteiger charge is -2.11. The van der Waals surface area contributed by atoms with Crippen LogP contribution in [0.1, 0.15) is 34.5 Å². The molecule has 0 radical (unpaired) electrons. The second-order valence-electron chi connectivity index (χ2n) is 4.78. The van der Waals surface area contributed by atoms with Crippen molar-refractivity contribution in [3.05, 3.63) is 59.2 Å². The molecule has 0 saturated heterocycles. The third-order valence-electron chi connectivity index (χ3n) is 3.25. The van der Waals surface area contributed by atoms with Crippen molar-refractivity contribution in [2.24, 2.45) is 0 Å². The molecule has 0 aliphatic heterocycles. The molecule has 0 unspecified atom stereocenters. The molecular formula is C16H18N2O2. The van der Waals surface area contributed by atoms with E-state index in [0.29, 0.717) is 16.9 Å². The summed E-state index contributed by atoms with van der Waals surface area (Å²) in [5, 5.41) is 12.4. The molecule has 0 aliphatic rings. The summed E-state index contributed by atoms with van der Waals surface area (Å²) in [5.74, 6) is -0.211. The van der Waals surface area contributed by atoms with Crippen molar-refractivity contribution in [2.75, 3.05) is 11.1 Å². The Labute approximate surface area is 118 Å². The smallest absolute Gasteiger partial charge is 0.256 e. The van der Waals surface area contributed by atoms with Gasteiger partial charge in [0.15, 0.2) is 0 Å². The minimum Gasteiger partial charge on any atom is -0.398 e. The first-order valence-corrected chi connectivity index (χ1v) is 6.43. The number of rotatable bonds is 3. The maximum Gasteiger partial charge on any atom is 0.256 e. The Bertz CT molecular complexity index is 636. The molecule has 4 N–H and O–H groups in total. The summed E-state index contributed by atoms with van der Waals surface area (Å²) in [6, 6.07) is 12.4. The molecule has 2 rings (SSSR count). The van der Waals surface area contributed by atoms with E-state index >= 15 is 0 Å². The Kier molecular flexibility index (Phi) is 4.05. The van der Waals surface area contributed by atoms with E-state index in [1.54, 1.807) is 43.3 Å². The molecule has 0 bridgehead atoms. The Balaban J connectivity index is 2.24. The van der Waals surface area contributed by atoms with Crippen molar-refractivity contribution >= 4 is 17.3 Å². The van der Waals surface area contributed by atoms with E-state index in [0.717, 1.165) is 11.1 Å². The van der Waals surface area contributed by atoms with Crippen LogP contribution in [0.2, 0.25) is 0 Å². The van der Waals surface area contributed by atoms with Crippen LogP contribution in [0.3, 0.4) is 0 Å². The molecule has 0 spiro atoms. The fourth-order valence-corrected chi connectivity index (χ4v) is 1.97. The second kappa shape index (κ2) is 5.75. The maximum atomic E-state index is 12.2. The van der Waals surface area contributed by atoms with Crippen LogP contribution in [0.25, 0.3) is 0 Å². The highest BCUT2D eigenvalue weighted by Crippen LogP contribution is 2.20. The van der Waals surface area contributed by atoms with Gasteiger partial charge >= 0.3 is 0 Å². The highest BCUT2D eigenvalue weighted by Gasteiger charge is 2.11. The third-order valence-corrected chi connectivity index (χ3v) is 3.25. The maximum absolute atomic E-state index is 12.2. The Morgan fingerprint density at radius 3 is 2.65 bits per heavy atom. The summed E-state index contributed by atoms with van der Waals surface area (Å²) < 4.78 is 0. The molecule has 104 valence electrons. The van der Waals surface area contributed by atoms with Gasteiger partial charge in [0, 0.05) is 16.9 Å². The first-order valence-electron chi connectivity index (χ1n) is 6.43. The summed E-state index contributed by atoms with van der Waals surface area (Å²) in [6.07, 6.45) is -0.569. The molecule has 0 aliphatic carbocycles. The number of carbonyl (C=O) groups excluding carboxylic acids is 1. The van der Waals surface area contributed by atoms with Gasteiger partial charge in [0.25, 0.3) is 5.91 Å². The molecule has 20 heavy (non-hydrogen) atoms. The van der Waals surface area contributed by atoms with Gasteiger partial charge < -0.3 is 16.2 Å². The number of aliphatic hydroxyl groups is 1. The van der Waals surface area contributed by atoms with Crippen LogP contribution in [-0.4, -0.2) is 11.0 Å². The summed E-state index contributed by atoms with van der Waals surface area (Å²) in [4.78, 5) is 12.2. The van der Waals surface area contributed by atoms with Crippen LogP contribution in [-0.2, 0) is 0 Å². The first-order chi connectivity index (χ1) is 9.49. The van der Waals surface area contributed by atoms with E-state index in [2.05, 4.69) is 5.32 Å². The summed E-state index contributed by atoms with van der Waals surface area (Å²) in [6.45, 7) is 3.50. The lowest BCUT2D eigenvalue weighted by molar-refractivity contribution is 0.102. The number of hydrogen-bond acceptors (Lipinski definition) is 3. The monoisotopic (exact) mass is 270 g/mol. The number of carbonyl (C=O) groups is 1. The van der Waals surface area contributed by atoms with E-state index in [1.807, 2.05) is 13.0 Å². The molecule has 0 fully saturated rings. The van der Waals surface area contributed by atoms with Crippen LogP contribution in [0, 0.1) is 6.92 Å². The standard InChI is InChI=1S/C16H18N2O2/c1-10-14(7-4-8-15(10)17)16(20)18-13-6-3-5-12(9-13)11(2)19/h3-9,11,19H,17H2,1-2H3,(H,18,20)/t11-/m0/s1. The minimum atomic E-state index is -0.569. The number of nitrogens with two attached hydrogens (primary N) is 1. The summed E-state index contributed by atoms with van der Waals surface area (Å²) in [7, 11) is 0. The van der Waals surface area contributed by atoms with Gasteiger partial charge in [-0.15, -0.1) is 0 Å². The molecule has 2 aromatic carbocycles. The molecule has 4 nitrogen and oxygen atoms in total. The Hall–Kier alpha value is -2.33. The van der Waals surface area contributed by atoms with Gasteiger partial charge in [0.05, 0.1) is 6.10 Å². The fraction of sp³-hybridized carbons (Fsp3) is 0.188. The molecule has 4 heteroatoms. The molecule has 0 saturated carbocycles. The van der Waals surface area contributed by atoms with E-state index in [-0.39, 0.29) is 5.91 Å². The van der Waals surface area contributed by atoms with Gasteiger partial charge in [0.1, 0.15) is 0 Å². The van der Waals surface area contributed by atoms with Gasteiger partial charge in [-0.05, 0) is 49.2 Å². The Morgan fingerprint density at radius 2 is 1.95 bits per heavy atom. The molecule has 1 atom stereocenters. The van der Waals surface area contributed by atoms with Crippen LogP contribution in [0.5, 0.6) is 0 Å². The number of hydrogen-bond donors (Lipinski definition) is 3. The minimum absolute atomic E-state index is 0.211. The number of amides is 1. The summed E-state index contributed by atoms with van der Waals surface area (Å²) in [5.41, 5.74) is 9.11. The van der Waals surface area contributed by atoms with Gasteiger partial charge in [-0.25, -0.2) is 0 Å². The number of anilines is 2. The van der Waals surface area contributed by atoms with Gasteiger partial charge in [-0.2, -0.15) is 0 Å². The van der Waals surface area contributed by atoms with E-state index in [9.17, 15) is 9.90 Å². The molecule has 0 heterocycles.